The van der Waals surface area contributed by atoms with Crippen LogP contribution in [0.25, 0.3) is 0 Å². The van der Waals surface area contributed by atoms with Gasteiger partial charge in [-0.1, -0.05) is 30.2 Å². The highest BCUT2D eigenvalue weighted by atomic mass is 33.1. The Morgan fingerprint density at radius 2 is 1.93 bits per heavy atom. The topological polar surface area (TPSA) is 26.3 Å². The fourth-order valence-corrected chi connectivity index (χ4v) is 5.29. The van der Waals surface area contributed by atoms with Gasteiger partial charge >= 0.3 is 5.97 Å². The maximum Gasteiger partial charge on any atom is 0.303 e. The molecule has 0 aliphatic carbocycles. The molecule has 1 saturated heterocycles. The second-order valence-electron chi connectivity index (χ2n) is 4.17. The Labute approximate surface area is 93.2 Å². The molecule has 0 radical (unpaired) electrons. The van der Waals surface area contributed by atoms with E-state index in [4.69, 9.17) is 4.74 Å². The van der Waals surface area contributed by atoms with Crippen LogP contribution < -0.4 is 0 Å². The summed E-state index contributed by atoms with van der Waals surface area (Å²) in [6.45, 7) is 9.90. The van der Waals surface area contributed by atoms with Crippen molar-refractivity contribution >= 4 is 27.6 Å². The summed E-state index contributed by atoms with van der Waals surface area (Å²) in [5.74, 6) is -0.203. The molecule has 0 spiro atoms. The van der Waals surface area contributed by atoms with Gasteiger partial charge in [-0.3, -0.25) is 4.79 Å². The highest BCUT2D eigenvalue weighted by molar-refractivity contribution is 8.78. The lowest BCUT2D eigenvalue weighted by atomic mass is 9.91. The largest absolute Gasteiger partial charge is 0.450 e. The van der Waals surface area contributed by atoms with Gasteiger partial charge in [0.2, 0.25) is 0 Å². The average Bonchev–Trinajstić information content (AvgIpc) is 2.26. The van der Waals surface area contributed by atoms with Gasteiger partial charge in [0, 0.05) is 17.2 Å². The molecule has 1 aliphatic rings. The maximum atomic E-state index is 10.9. The molecule has 4 heteroatoms. The molecule has 1 heterocycles. The number of allylic oxidation sites excluding steroid dienone is 1. The molecule has 0 amide bonds. The molecule has 1 fully saturated rings. The third kappa shape index (κ3) is 2.28. The summed E-state index contributed by atoms with van der Waals surface area (Å²) in [4.78, 5) is 12.2. The van der Waals surface area contributed by atoms with E-state index in [1.165, 1.54) is 17.4 Å². The summed E-state index contributed by atoms with van der Waals surface area (Å²) in [7, 11) is 3.36. The van der Waals surface area contributed by atoms with Gasteiger partial charge in [0.15, 0.2) is 5.44 Å². The molecule has 80 valence electrons. The van der Waals surface area contributed by atoms with Crippen molar-refractivity contribution in [1.29, 1.82) is 0 Å². The monoisotopic (exact) mass is 232 g/mol. The van der Waals surface area contributed by atoms with Gasteiger partial charge in [-0.25, -0.2) is 0 Å². The van der Waals surface area contributed by atoms with Crippen molar-refractivity contribution in [3.63, 3.8) is 0 Å². The molecule has 1 atom stereocenters. The van der Waals surface area contributed by atoms with Crippen LogP contribution in [0.15, 0.2) is 10.5 Å². The molecule has 0 bridgehead atoms. The first-order valence-electron chi connectivity index (χ1n) is 4.54. The van der Waals surface area contributed by atoms with E-state index < -0.39 is 0 Å². The second-order valence-corrected chi connectivity index (χ2v) is 6.44. The minimum atomic E-state index is -0.203. The number of ether oxygens (including phenoxy) is 1. The highest BCUT2D eigenvalue weighted by Crippen LogP contribution is 2.58. The minimum absolute atomic E-state index is 0.0557. The number of hydrogen-bond acceptors (Lipinski definition) is 4. The molecule has 0 N–H and O–H groups in total. The van der Waals surface area contributed by atoms with Gasteiger partial charge in [-0.2, -0.15) is 0 Å². The molecule has 1 rings (SSSR count). The van der Waals surface area contributed by atoms with Gasteiger partial charge in [0.1, 0.15) is 0 Å². The first-order chi connectivity index (χ1) is 6.35. The standard InChI is InChI=1S/C10H16O2S2/c1-6(2)8-10(4,5)9(14-13-8)12-7(3)11/h9H,1-5H3. The van der Waals surface area contributed by atoms with Gasteiger partial charge in [-0.15, -0.1) is 0 Å². The van der Waals surface area contributed by atoms with Crippen LogP contribution in [-0.4, -0.2) is 11.4 Å². The van der Waals surface area contributed by atoms with E-state index in [0.717, 1.165) is 0 Å². The smallest absolute Gasteiger partial charge is 0.303 e. The van der Waals surface area contributed by atoms with Gasteiger partial charge in [-0.05, 0) is 24.6 Å². The lowest BCUT2D eigenvalue weighted by Gasteiger charge is -2.26. The molecule has 1 unspecified atom stereocenters. The Morgan fingerprint density at radius 3 is 2.29 bits per heavy atom. The molecule has 1 aliphatic heterocycles. The third-order valence-corrected chi connectivity index (χ3v) is 5.49. The van der Waals surface area contributed by atoms with Crippen molar-refractivity contribution in [2.24, 2.45) is 5.41 Å². The summed E-state index contributed by atoms with van der Waals surface area (Å²) < 4.78 is 5.28. The van der Waals surface area contributed by atoms with Crippen LogP contribution >= 0.6 is 21.6 Å². The van der Waals surface area contributed by atoms with Crippen molar-refractivity contribution in [1.82, 2.24) is 0 Å². The zero-order chi connectivity index (χ0) is 10.9. The van der Waals surface area contributed by atoms with E-state index >= 15 is 0 Å². The molecule has 2 nitrogen and oxygen atoms in total. The van der Waals surface area contributed by atoms with Crippen molar-refractivity contribution < 1.29 is 9.53 Å². The number of esters is 1. The molecule has 0 aromatic rings. The van der Waals surface area contributed by atoms with E-state index in [-0.39, 0.29) is 16.8 Å². The summed E-state index contributed by atoms with van der Waals surface area (Å²) in [5.41, 5.74) is 1.19. The molecule has 0 aromatic heterocycles. The fraction of sp³-hybridized carbons (Fsp3) is 0.700. The summed E-state index contributed by atoms with van der Waals surface area (Å²) >= 11 is 0. The summed E-state index contributed by atoms with van der Waals surface area (Å²) in [6, 6.07) is 0. The van der Waals surface area contributed by atoms with E-state index in [1.54, 1.807) is 21.6 Å². The van der Waals surface area contributed by atoms with Crippen LogP contribution in [0.5, 0.6) is 0 Å². The Hall–Kier alpha value is -0.0900. The zero-order valence-corrected chi connectivity index (χ0v) is 10.8. The van der Waals surface area contributed by atoms with Crippen LogP contribution in [0.2, 0.25) is 0 Å². The first kappa shape index (κ1) is 12.0. The lowest BCUT2D eigenvalue weighted by Crippen LogP contribution is -2.27. The van der Waals surface area contributed by atoms with Crippen LogP contribution in [0.4, 0.5) is 0 Å². The lowest BCUT2D eigenvalue weighted by molar-refractivity contribution is -0.145. The van der Waals surface area contributed by atoms with E-state index in [0.29, 0.717) is 0 Å². The number of carbonyl (C=O) groups is 1. The van der Waals surface area contributed by atoms with E-state index in [1.807, 2.05) is 0 Å². The van der Waals surface area contributed by atoms with Crippen molar-refractivity contribution in [3.8, 4) is 0 Å². The van der Waals surface area contributed by atoms with Crippen molar-refractivity contribution in [2.75, 3.05) is 0 Å². The third-order valence-electron chi connectivity index (χ3n) is 2.12. The Morgan fingerprint density at radius 1 is 1.36 bits per heavy atom. The molecule has 0 aromatic carbocycles. The predicted molar refractivity (Wildman–Crippen MR) is 62.9 cm³/mol. The normalized spacial score (nSPS) is 24.9. The number of rotatable bonds is 1. The average molecular weight is 232 g/mol. The Kier molecular flexibility index (Phi) is 3.58. The van der Waals surface area contributed by atoms with Crippen molar-refractivity contribution in [3.05, 3.63) is 10.5 Å². The molecular weight excluding hydrogens is 216 g/mol. The maximum absolute atomic E-state index is 10.9. The number of carbonyl (C=O) groups excluding carboxylic acids is 1. The van der Waals surface area contributed by atoms with Gasteiger partial charge in [0.05, 0.1) is 0 Å². The van der Waals surface area contributed by atoms with Crippen LogP contribution in [-0.2, 0) is 9.53 Å². The highest BCUT2D eigenvalue weighted by Gasteiger charge is 2.43. The Bertz CT molecular complexity index is 278. The quantitative estimate of drug-likeness (QED) is 0.510. The van der Waals surface area contributed by atoms with Crippen LogP contribution in [0, 0.1) is 5.41 Å². The Balaban J connectivity index is 2.87. The minimum Gasteiger partial charge on any atom is -0.450 e. The van der Waals surface area contributed by atoms with E-state index in [9.17, 15) is 4.79 Å². The first-order valence-corrected chi connectivity index (χ1v) is 6.75. The summed E-state index contributed by atoms with van der Waals surface area (Å²) in [6.07, 6.45) is 0. The van der Waals surface area contributed by atoms with Crippen LogP contribution in [0.3, 0.4) is 0 Å². The molecule has 0 saturated carbocycles. The molecule has 14 heavy (non-hydrogen) atoms. The van der Waals surface area contributed by atoms with E-state index in [2.05, 4.69) is 27.7 Å². The number of hydrogen-bond donors (Lipinski definition) is 0. The second kappa shape index (κ2) is 4.19. The SMILES string of the molecule is CC(=O)OC1SSC(=C(C)C)C1(C)C. The predicted octanol–water partition coefficient (Wildman–Crippen LogP) is 3.59. The van der Waals surface area contributed by atoms with Crippen LogP contribution in [0.1, 0.15) is 34.6 Å². The summed E-state index contributed by atoms with van der Waals surface area (Å²) in [5, 5.41) is 0. The fourth-order valence-electron chi connectivity index (χ4n) is 1.47. The van der Waals surface area contributed by atoms with Gasteiger partial charge < -0.3 is 4.74 Å². The molecular formula is C10H16O2S2. The van der Waals surface area contributed by atoms with Gasteiger partial charge in [0.25, 0.3) is 0 Å². The van der Waals surface area contributed by atoms with Crippen molar-refractivity contribution in [2.45, 2.75) is 40.1 Å². The zero-order valence-electron chi connectivity index (χ0n) is 9.21.